The summed E-state index contributed by atoms with van der Waals surface area (Å²) in [6.45, 7) is -2.99. The van der Waals surface area contributed by atoms with E-state index in [2.05, 4.69) is 20.0 Å². The molecule has 1 amide bonds. The number of alkyl halides is 2. The molecule has 0 fully saturated rings. The van der Waals surface area contributed by atoms with Gasteiger partial charge in [0, 0.05) is 23.4 Å². The Morgan fingerprint density at radius 3 is 2.65 bits per heavy atom. The maximum absolute atomic E-state index is 12.8. The number of amides is 1. The largest absolute Gasteiger partial charge is 0.434 e. The Balaban J connectivity index is 1.64. The molecule has 8 nitrogen and oxygen atoms in total. The van der Waals surface area contributed by atoms with Crippen LogP contribution in [0.25, 0.3) is 16.8 Å². The third-order valence-corrected chi connectivity index (χ3v) is 5.88. The van der Waals surface area contributed by atoms with Crippen molar-refractivity contribution in [1.29, 1.82) is 0 Å². The molecule has 31 heavy (non-hydrogen) atoms. The molecule has 4 aromatic rings. The van der Waals surface area contributed by atoms with Gasteiger partial charge < -0.3 is 4.74 Å². The zero-order valence-electron chi connectivity index (χ0n) is 15.8. The third-order valence-electron chi connectivity index (χ3n) is 4.17. The zero-order chi connectivity index (χ0) is 22.2. The molecule has 0 bridgehead atoms. The topological polar surface area (TPSA) is 103 Å². The van der Waals surface area contributed by atoms with E-state index in [9.17, 15) is 22.0 Å². The second-order valence-electron chi connectivity index (χ2n) is 6.34. The van der Waals surface area contributed by atoms with E-state index in [-0.39, 0.29) is 21.7 Å². The van der Waals surface area contributed by atoms with Crippen LogP contribution in [-0.4, -0.2) is 41.6 Å². The second kappa shape index (κ2) is 8.04. The van der Waals surface area contributed by atoms with Gasteiger partial charge in [0.15, 0.2) is 10.8 Å². The first kappa shape index (κ1) is 20.9. The van der Waals surface area contributed by atoms with E-state index in [0.717, 1.165) is 17.6 Å². The van der Waals surface area contributed by atoms with Gasteiger partial charge in [-0.3, -0.25) is 14.5 Å². The molecule has 0 aliphatic carbocycles. The Hall–Kier alpha value is -3.38. The number of imidazole rings is 1. The highest BCUT2D eigenvalue weighted by Gasteiger charge is 2.23. The summed E-state index contributed by atoms with van der Waals surface area (Å²) < 4.78 is 55.2. The van der Waals surface area contributed by atoms with Crippen LogP contribution in [0.5, 0.6) is 5.75 Å². The van der Waals surface area contributed by atoms with Crippen LogP contribution in [0.3, 0.4) is 0 Å². The summed E-state index contributed by atoms with van der Waals surface area (Å²) in [7, 11) is -3.68. The van der Waals surface area contributed by atoms with Gasteiger partial charge in [-0.15, -0.1) is 11.3 Å². The van der Waals surface area contributed by atoms with Gasteiger partial charge in [-0.25, -0.2) is 18.4 Å². The maximum atomic E-state index is 12.8. The van der Waals surface area contributed by atoms with Crippen molar-refractivity contribution in [2.24, 2.45) is 0 Å². The number of para-hydroxylation sites is 1. The molecule has 1 N–H and O–H groups in total. The van der Waals surface area contributed by atoms with Crippen LogP contribution in [0.4, 0.5) is 13.9 Å². The molecule has 160 valence electrons. The van der Waals surface area contributed by atoms with Crippen LogP contribution in [0, 0.1) is 0 Å². The number of hydrogen-bond donors (Lipinski definition) is 1. The van der Waals surface area contributed by atoms with E-state index < -0.39 is 22.4 Å². The summed E-state index contributed by atoms with van der Waals surface area (Å²) in [5.41, 5.74) is 0.904. The molecule has 0 spiro atoms. The summed E-state index contributed by atoms with van der Waals surface area (Å²) >= 11 is 1.07. The average molecular weight is 464 g/mol. The molecule has 3 heterocycles. The van der Waals surface area contributed by atoms with E-state index in [1.54, 1.807) is 41.8 Å². The Bertz CT molecular complexity index is 1380. The number of fused-ring (bicyclic) bond motifs is 1. The van der Waals surface area contributed by atoms with Crippen molar-refractivity contribution in [3.05, 3.63) is 59.7 Å². The minimum absolute atomic E-state index is 0.0430. The van der Waals surface area contributed by atoms with Crippen LogP contribution >= 0.6 is 11.3 Å². The number of sulfone groups is 1. The number of ether oxygens (including phenoxy) is 1. The van der Waals surface area contributed by atoms with Gasteiger partial charge in [0.25, 0.3) is 5.91 Å². The first-order valence-corrected chi connectivity index (χ1v) is 11.5. The van der Waals surface area contributed by atoms with E-state index in [1.165, 1.54) is 16.7 Å². The van der Waals surface area contributed by atoms with E-state index >= 15 is 0 Å². The van der Waals surface area contributed by atoms with Gasteiger partial charge in [0.1, 0.15) is 5.75 Å². The molecule has 1 aromatic carbocycles. The lowest BCUT2D eigenvalue weighted by Gasteiger charge is -2.08. The average Bonchev–Trinajstić information content (AvgIpc) is 3.32. The number of carbonyl (C=O) groups excluding carboxylic acids is 1. The number of benzene rings is 1. The van der Waals surface area contributed by atoms with Gasteiger partial charge in [0.05, 0.1) is 11.2 Å². The van der Waals surface area contributed by atoms with Crippen LogP contribution < -0.4 is 10.1 Å². The first-order valence-electron chi connectivity index (χ1n) is 8.72. The molecule has 0 saturated heterocycles. The third kappa shape index (κ3) is 4.25. The van der Waals surface area contributed by atoms with Crippen LogP contribution in [0.2, 0.25) is 0 Å². The second-order valence-corrected chi connectivity index (χ2v) is 9.11. The number of hydrogen-bond acceptors (Lipinski definition) is 7. The number of rotatable bonds is 6. The molecule has 0 aliphatic heterocycles. The lowest BCUT2D eigenvalue weighted by atomic mass is 10.1. The SMILES string of the molecule is CS(=O)(=O)c1nc(C(=O)Nc2nc(-c3ccccc3OC(F)F)cs2)c2ccccn12. The fourth-order valence-electron chi connectivity index (χ4n) is 2.93. The monoisotopic (exact) mass is 464 g/mol. The highest BCUT2D eigenvalue weighted by molar-refractivity contribution is 7.90. The van der Waals surface area contributed by atoms with Gasteiger partial charge >= 0.3 is 6.61 Å². The van der Waals surface area contributed by atoms with Crippen molar-refractivity contribution < 1.29 is 26.7 Å². The number of halogens is 2. The van der Waals surface area contributed by atoms with Gasteiger partial charge in [0.2, 0.25) is 15.0 Å². The molecule has 0 saturated carbocycles. The zero-order valence-corrected chi connectivity index (χ0v) is 17.5. The predicted molar refractivity (Wildman–Crippen MR) is 110 cm³/mol. The van der Waals surface area contributed by atoms with Crippen molar-refractivity contribution in [3.8, 4) is 17.0 Å². The number of pyridine rings is 1. The van der Waals surface area contributed by atoms with Gasteiger partial charge in [-0.1, -0.05) is 18.2 Å². The number of nitrogens with one attached hydrogen (secondary N) is 1. The van der Waals surface area contributed by atoms with E-state index in [1.807, 2.05) is 0 Å². The number of anilines is 1. The standard InChI is InChI=1S/C19H14F2N4O4S2/c1-31(27,28)19-23-15(13-7-4-5-9-25(13)19)16(26)24-18-22-12(10-30-18)11-6-2-3-8-14(11)29-17(20)21/h2-10,17H,1H3,(H,22,24,26). The molecular weight excluding hydrogens is 450 g/mol. The van der Waals surface area contributed by atoms with Crippen molar-refractivity contribution in [2.75, 3.05) is 11.6 Å². The minimum Gasteiger partial charge on any atom is -0.434 e. The fraction of sp³-hybridized carbons (Fsp3) is 0.105. The van der Waals surface area contributed by atoms with Crippen LogP contribution in [0.1, 0.15) is 10.5 Å². The molecule has 0 unspecified atom stereocenters. The summed E-state index contributed by atoms with van der Waals surface area (Å²) in [5, 5.41) is 4.08. The highest BCUT2D eigenvalue weighted by Crippen LogP contribution is 2.33. The van der Waals surface area contributed by atoms with Crippen molar-refractivity contribution >= 4 is 37.7 Å². The number of aromatic nitrogens is 3. The predicted octanol–water partition coefficient (Wildman–Crippen LogP) is 3.72. The Morgan fingerprint density at radius 2 is 1.90 bits per heavy atom. The Labute approximate surface area is 179 Å². The summed E-state index contributed by atoms with van der Waals surface area (Å²) in [6, 6.07) is 11.0. The number of thiazole rings is 1. The summed E-state index contributed by atoms with van der Waals surface area (Å²) in [6.07, 6.45) is 2.50. The van der Waals surface area contributed by atoms with Gasteiger partial charge in [-0.05, 0) is 24.3 Å². The lowest BCUT2D eigenvalue weighted by molar-refractivity contribution is -0.0494. The summed E-state index contributed by atoms with van der Waals surface area (Å²) in [5.74, 6) is -0.699. The molecule has 3 aromatic heterocycles. The minimum atomic E-state index is -3.68. The van der Waals surface area contributed by atoms with Crippen molar-refractivity contribution in [1.82, 2.24) is 14.4 Å². The molecular formula is C19H14F2N4O4S2. The highest BCUT2D eigenvalue weighted by atomic mass is 32.2. The number of carbonyl (C=O) groups is 1. The van der Waals surface area contributed by atoms with Gasteiger partial charge in [-0.2, -0.15) is 8.78 Å². The lowest BCUT2D eigenvalue weighted by Crippen LogP contribution is -2.13. The Morgan fingerprint density at radius 1 is 1.16 bits per heavy atom. The van der Waals surface area contributed by atoms with Crippen molar-refractivity contribution in [2.45, 2.75) is 11.8 Å². The van der Waals surface area contributed by atoms with E-state index in [4.69, 9.17) is 0 Å². The van der Waals surface area contributed by atoms with Crippen LogP contribution in [-0.2, 0) is 9.84 Å². The fourth-order valence-corrected chi connectivity index (χ4v) is 4.41. The number of nitrogens with zero attached hydrogens (tertiary/aromatic N) is 3. The quantitative estimate of drug-likeness (QED) is 0.467. The van der Waals surface area contributed by atoms with E-state index in [0.29, 0.717) is 16.8 Å². The van der Waals surface area contributed by atoms with Crippen LogP contribution in [0.15, 0.2) is 59.2 Å². The smallest absolute Gasteiger partial charge is 0.387 e. The maximum Gasteiger partial charge on any atom is 0.387 e. The molecule has 0 atom stereocenters. The first-order chi connectivity index (χ1) is 14.7. The Kier molecular flexibility index (Phi) is 5.41. The molecule has 4 rings (SSSR count). The molecule has 0 radical (unpaired) electrons. The molecule has 12 heteroatoms. The summed E-state index contributed by atoms with van der Waals surface area (Å²) in [4.78, 5) is 21.1. The van der Waals surface area contributed by atoms with Crippen molar-refractivity contribution in [3.63, 3.8) is 0 Å². The normalized spacial score (nSPS) is 11.7. The molecule has 0 aliphatic rings.